The lowest BCUT2D eigenvalue weighted by atomic mass is 10.1. The molecule has 0 spiro atoms. The summed E-state index contributed by atoms with van der Waals surface area (Å²) in [6.07, 6.45) is 1.69. The van der Waals surface area contributed by atoms with Crippen molar-refractivity contribution in [1.29, 1.82) is 0 Å². The molecular weight excluding hydrogens is 413 g/mol. The molecule has 3 aromatic rings. The SMILES string of the molecule is Cc1[nH]c2c(Br)cc(F)cc2c1CCNC(=S)NCCc1ccccc1. The van der Waals surface area contributed by atoms with Crippen molar-refractivity contribution in [3.05, 3.63) is 69.6 Å². The Morgan fingerprint density at radius 1 is 1.12 bits per heavy atom. The molecular formula is C20H21BrFN3S. The molecule has 2 aromatic carbocycles. The van der Waals surface area contributed by atoms with Crippen molar-refractivity contribution in [3.8, 4) is 0 Å². The smallest absolute Gasteiger partial charge is 0.166 e. The fourth-order valence-electron chi connectivity index (χ4n) is 3.05. The number of rotatable bonds is 6. The van der Waals surface area contributed by atoms with E-state index in [0.29, 0.717) is 11.7 Å². The average Bonchev–Trinajstić information content (AvgIpc) is 2.92. The third-order valence-electron chi connectivity index (χ3n) is 4.35. The van der Waals surface area contributed by atoms with Crippen LogP contribution in [0.4, 0.5) is 4.39 Å². The fraction of sp³-hybridized carbons (Fsp3) is 0.250. The van der Waals surface area contributed by atoms with Gasteiger partial charge in [0.25, 0.3) is 0 Å². The minimum atomic E-state index is -0.240. The van der Waals surface area contributed by atoms with Gasteiger partial charge in [-0.3, -0.25) is 0 Å². The van der Waals surface area contributed by atoms with E-state index in [4.69, 9.17) is 12.2 Å². The predicted octanol–water partition coefficient (Wildman–Crippen LogP) is 4.63. The second-order valence-corrected chi connectivity index (χ2v) is 7.47. The highest BCUT2D eigenvalue weighted by molar-refractivity contribution is 9.10. The summed E-state index contributed by atoms with van der Waals surface area (Å²) in [7, 11) is 0. The largest absolute Gasteiger partial charge is 0.362 e. The molecule has 0 unspecified atom stereocenters. The first-order valence-electron chi connectivity index (χ1n) is 8.56. The molecule has 3 rings (SSSR count). The van der Waals surface area contributed by atoms with Gasteiger partial charge in [0.2, 0.25) is 0 Å². The van der Waals surface area contributed by atoms with E-state index in [-0.39, 0.29) is 5.82 Å². The van der Waals surface area contributed by atoms with Crippen molar-refractivity contribution in [2.24, 2.45) is 0 Å². The molecule has 0 saturated carbocycles. The van der Waals surface area contributed by atoms with Crippen molar-refractivity contribution in [1.82, 2.24) is 15.6 Å². The minimum Gasteiger partial charge on any atom is -0.362 e. The molecule has 1 aromatic heterocycles. The summed E-state index contributed by atoms with van der Waals surface area (Å²) in [5.74, 6) is -0.240. The summed E-state index contributed by atoms with van der Waals surface area (Å²) in [6, 6.07) is 13.4. The predicted molar refractivity (Wildman–Crippen MR) is 113 cm³/mol. The molecule has 0 aliphatic rings. The van der Waals surface area contributed by atoms with Crippen LogP contribution in [0.15, 0.2) is 46.9 Å². The molecule has 26 heavy (non-hydrogen) atoms. The summed E-state index contributed by atoms with van der Waals surface area (Å²) < 4.78 is 14.5. The molecule has 0 fully saturated rings. The molecule has 3 N–H and O–H groups in total. The lowest BCUT2D eigenvalue weighted by molar-refractivity contribution is 0.629. The normalized spacial score (nSPS) is 10.9. The molecule has 0 aliphatic carbocycles. The first-order valence-corrected chi connectivity index (χ1v) is 9.76. The van der Waals surface area contributed by atoms with Gasteiger partial charge < -0.3 is 15.6 Å². The fourth-order valence-corrected chi connectivity index (χ4v) is 3.79. The van der Waals surface area contributed by atoms with Crippen LogP contribution in [-0.4, -0.2) is 23.2 Å². The molecule has 136 valence electrons. The second kappa shape index (κ2) is 8.64. The number of hydrogen-bond donors (Lipinski definition) is 3. The summed E-state index contributed by atoms with van der Waals surface area (Å²) in [6.45, 7) is 3.50. The summed E-state index contributed by atoms with van der Waals surface area (Å²) >= 11 is 8.75. The Morgan fingerprint density at radius 2 is 1.81 bits per heavy atom. The van der Waals surface area contributed by atoms with Crippen molar-refractivity contribution in [2.75, 3.05) is 13.1 Å². The van der Waals surface area contributed by atoms with E-state index in [1.54, 1.807) is 6.07 Å². The van der Waals surface area contributed by atoms with Crippen LogP contribution in [-0.2, 0) is 12.8 Å². The van der Waals surface area contributed by atoms with Crippen LogP contribution in [0.3, 0.4) is 0 Å². The number of hydrogen-bond acceptors (Lipinski definition) is 1. The standard InChI is InChI=1S/C20H21BrFN3S/c1-13-16(17-11-15(22)12-18(21)19(17)25-13)8-10-24-20(26)23-9-7-14-5-3-2-4-6-14/h2-6,11-12,25H,7-10H2,1H3,(H2,23,24,26). The molecule has 0 amide bonds. The lowest BCUT2D eigenvalue weighted by Gasteiger charge is -2.11. The Hall–Kier alpha value is -1.92. The van der Waals surface area contributed by atoms with Gasteiger partial charge in [0.05, 0.1) is 5.52 Å². The molecule has 0 atom stereocenters. The van der Waals surface area contributed by atoms with Gasteiger partial charge in [-0.05, 0) is 71.2 Å². The van der Waals surface area contributed by atoms with Gasteiger partial charge in [0.1, 0.15) is 5.82 Å². The van der Waals surface area contributed by atoms with Crippen LogP contribution in [0.25, 0.3) is 10.9 Å². The number of halogens is 2. The van der Waals surface area contributed by atoms with E-state index in [9.17, 15) is 4.39 Å². The highest BCUT2D eigenvalue weighted by Gasteiger charge is 2.12. The maximum atomic E-state index is 13.7. The highest BCUT2D eigenvalue weighted by atomic mass is 79.9. The zero-order chi connectivity index (χ0) is 18.5. The maximum absolute atomic E-state index is 13.7. The maximum Gasteiger partial charge on any atom is 0.166 e. The van der Waals surface area contributed by atoms with E-state index >= 15 is 0 Å². The van der Waals surface area contributed by atoms with E-state index in [1.165, 1.54) is 11.6 Å². The number of nitrogens with one attached hydrogen (secondary N) is 3. The summed E-state index contributed by atoms with van der Waals surface area (Å²) in [5, 5.41) is 8.02. The van der Waals surface area contributed by atoms with Crippen LogP contribution < -0.4 is 10.6 Å². The van der Waals surface area contributed by atoms with Crippen molar-refractivity contribution >= 4 is 44.2 Å². The number of aromatic amines is 1. The second-order valence-electron chi connectivity index (χ2n) is 6.21. The minimum absolute atomic E-state index is 0.240. The molecule has 3 nitrogen and oxygen atoms in total. The van der Waals surface area contributed by atoms with Crippen molar-refractivity contribution in [2.45, 2.75) is 19.8 Å². The first-order chi connectivity index (χ1) is 12.5. The molecule has 6 heteroatoms. The van der Waals surface area contributed by atoms with Crippen molar-refractivity contribution in [3.63, 3.8) is 0 Å². The van der Waals surface area contributed by atoms with E-state index < -0.39 is 0 Å². The average molecular weight is 434 g/mol. The van der Waals surface area contributed by atoms with Gasteiger partial charge in [-0.2, -0.15) is 0 Å². The number of benzene rings is 2. The van der Waals surface area contributed by atoms with E-state index in [2.05, 4.69) is 43.7 Å². The number of fused-ring (bicyclic) bond motifs is 1. The van der Waals surface area contributed by atoms with Crippen LogP contribution in [0.1, 0.15) is 16.8 Å². The van der Waals surface area contributed by atoms with Gasteiger partial charge in [-0.25, -0.2) is 4.39 Å². The molecule has 0 aliphatic heterocycles. The van der Waals surface area contributed by atoms with Crippen LogP contribution in [0.5, 0.6) is 0 Å². The Bertz CT molecular complexity index is 908. The highest BCUT2D eigenvalue weighted by Crippen LogP contribution is 2.29. The Labute approximate surface area is 166 Å². The monoisotopic (exact) mass is 433 g/mol. The van der Waals surface area contributed by atoms with Crippen molar-refractivity contribution < 1.29 is 4.39 Å². The number of aryl methyl sites for hydroxylation is 1. The molecule has 0 saturated heterocycles. The lowest BCUT2D eigenvalue weighted by Crippen LogP contribution is -2.37. The summed E-state index contributed by atoms with van der Waals surface area (Å²) in [5.41, 5.74) is 4.38. The third kappa shape index (κ3) is 4.62. The zero-order valence-electron chi connectivity index (χ0n) is 14.5. The third-order valence-corrected chi connectivity index (χ3v) is 5.26. The topological polar surface area (TPSA) is 39.9 Å². The van der Waals surface area contributed by atoms with Crippen LogP contribution in [0, 0.1) is 12.7 Å². The van der Waals surface area contributed by atoms with Gasteiger partial charge in [0.15, 0.2) is 5.11 Å². The Morgan fingerprint density at radius 3 is 2.54 bits per heavy atom. The number of aromatic nitrogens is 1. The van der Waals surface area contributed by atoms with Crippen LogP contribution >= 0.6 is 28.1 Å². The van der Waals surface area contributed by atoms with Crippen LogP contribution in [0.2, 0.25) is 0 Å². The first kappa shape index (κ1) is 18.9. The zero-order valence-corrected chi connectivity index (χ0v) is 16.9. The van der Waals surface area contributed by atoms with Gasteiger partial charge in [-0.1, -0.05) is 30.3 Å². The summed E-state index contributed by atoms with van der Waals surface area (Å²) in [4.78, 5) is 3.32. The van der Waals surface area contributed by atoms with Gasteiger partial charge in [-0.15, -0.1) is 0 Å². The Kier molecular flexibility index (Phi) is 6.27. The molecule has 0 bridgehead atoms. The van der Waals surface area contributed by atoms with E-state index in [1.807, 2.05) is 25.1 Å². The molecule has 0 radical (unpaired) electrons. The van der Waals surface area contributed by atoms with E-state index in [0.717, 1.165) is 46.0 Å². The van der Waals surface area contributed by atoms with Gasteiger partial charge >= 0.3 is 0 Å². The number of thiocarbonyl (C=S) groups is 1. The number of H-pyrrole nitrogens is 1. The molecule has 1 heterocycles. The Balaban J connectivity index is 1.51. The quantitative estimate of drug-likeness (QED) is 0.496. The van der Waals surface area contributed by atoms with Gasteiger partial charge in [0, 0.05) is 28.6 Å².